The minimum absolute atomic E-state index is 0.0928. The molecule has 3 rings (SSSR count). The number of benzene rings is 1. The van der Waals surface area contributed by atoms with Crippen LogP contribution in [-0.4, -0.2) is 34.6 Å². The summed E-state index contributed by atoms with van der Waals surface area (Å²) in [6, 6.07) is 3.07. The molecule has 0 saturated carbocycles. The van der Waals surface area contributed by atoms with Crippen LogP contribution >= 0.6 is 0 Å². The van der Waals surface area contributed by atoms with E-state index in [0.717, 1.165) is 24.8 Å². The van der Waals surface area contributed by atoms with Crippen LogP contribution in [0.1, 0.15) is 12.8 Å². The average Bonchev–Trinajstić information content (AvgIpc) is 2.95. The van der Waals surface area contributed by atoms with E-state index in [1.54, 1.807) is 6.07 Å². The molecule has 0 N–H and O–H groups in total. The molecule has 1 fully saturated rings. The van der Waals surface area contributed by atoms with Crippen molar-refractivity contribution < 1.29 is 14.3 Å². The largest absolute Gasteiger partial charge is 0.370 e. The molecule has 0 radical (unpaired) electrons. The van der Waals surface area contributed by atoms with Crippen molar-refractivity contribution in [2.24, 2.45) is 5.92 Å². The summed E-state index contributed by atoms with van der Waals surface area (Å²) in [6.45, 7) is 1.42. The Hall–Kier alpha value is -2.51. The maximum absolute atomic E-state index is 10.9. The molecular weight excluding hydrogens is 264 g/mol. The molecule has 20 heavy (non-hydrogen) atoms. The third-order valence-corrected chi connectivity index (χ3v) is 3.64. The van der Waals surface area contributed by atoms with Crippen LogP contribution < -0.4 is 4.90 Å². The number of carbonyl (C=O) groups is 1. The van der Waals surface area contributed by atoms with Gasteiger partial charge in [0.25, 0.3) is 0 Å². The molecule has 2 aromatic rings. The number of hydrogen-bond acceptors (Lipinski definition) is 7. The van der Waals surface area contributed by atoms with Crippen molar-refractivity contribution in [2.75, 3.05) is 18.0 Å². The average molecular weight is 276 g/mol. The molecule has 0 spiro atoms. The van der Waals surface area contributed by atoms with Gasteiger partial charge in [-0.2, -0.15) is 0 Å². The molecule has 1 aliphatic rings. The SMILES string of the molecule is O=CC1CCN(c2ccc([N+](=O)[O-])c3nonc23)CC1. The molecule has 1 aromatic heterocycles. The molecular formula is C12H12N4O4. The van der Waals surface area contributed by atoms with Crippen molar-refractivity contribution >= 4 is 28.7 Å². The van der Waals surface area contributed by atoms with E-state index in [9.17, 15) is 14.9 Å². The predicted molar refractivity (Wildman–Crippen MR) is 69.5 cm³/mol. The number of carbonyl (C=O) groups excluding carboxylic acids is 1. The Morgan fingerprint density at radius 2 is 2.00 bits per heavy atom. The van der Waals surface area contributed by atoms with Gasteiger partial charge in [0.05, 0.1) is 10.6 Å². The van der Waals surface area contributed by atoms with Crippen LogP contribution in [0.25, 0.3) is 11.0 Å². The molecule has 1 saturated heterocycles. The summed E-state index contributed by atoms with van der Waals surface area (Å²) in [5.74, 6) is 0.0928. The summed E-state index contributed by atoms with van der Waals surface area (Å²) in [7, 11) is 0. The first-order chi connectivity index (χ1) is 9.70. The van der Waals surface area contributed by atoms with Crippen LogP contribution in [0.15, 0.2) is 16.8 Å². The lowest BCUT2D eigenvalue weighted by molar-refractivity contribution is -0.383. The molecule has 0 unspecified atom stereocenters. The lowest BCUT2D eigenvalue weighted by Gasteiger charge is -2.31. The van der Waals surface area contributed by atoms with E-state index < -0.39 is 4.92 Å². The summed E-state index contributed by atoms with van der Waals surface area (Å²) in [5.41, 5.74) is 1.19. The van der Waals surface area contributed by atoms with Gasteiger partial charge in [0, 0.05) is 25.1 Å². The number of nitro benzene ring substituents is 1. The van der Waals surface area contributed by atoms with E-state index in [4.69, 9.17) is 0 Å². The van der Waals surface area contributed by atoms with Gasteiger partial charge in [-0.05, 0) is 29.2 Å². The number of aldehydes is 1. The Balaban J connectivity index is 1.97. The van der Waals surface area contributed by atoms with Crippen LogP contribution in [0.3, 0.4) is 0 Å². The quantitative estimate of drug-likeness (QED) is 0.476. The summed E-state index contributed by atoms with van der Waals surface area (Å²) in [6.07, 6.45) is 2.53. The number of aromatic nitrogens is 2. The summed E-state index contributed by atoms with van der Waals surface area (Å²) < 4.78 is 4.64. The van der Waals surface area contributed by atoms with Crippen LogP contribution in [0.5, 0.6) is 0 Å². The maximum atomic E-state index is 10.9. The maximum Gasteiger partial charge on any atom is 0.300 e. The topological polar surface area (TPSA) is 102 Å². The lowest BCUT2D eigenvalue weighted by atomic mass is 9.98. The highest BCUT2D eigenvalue weighted by Gasteiger charge is 2.25. The lowest BCUT2D eigenvalue weighted by Crippen LogP contribution is -2.34. The van der Waals surface area contributed by atoms with E-state index in [-0.39, 0.29) is 17.1 Å². The normalized spacial score (nSPS) is 16.5. The summed E-state index contributed by atoms with van der Waals surface area (Å²) in [5, 5.41) is 18.3. The van der Waals surface area contributed by atoms with E-state index in [1.807, 2.05) is 0 Å². The van der Waals surface area contributed by atoms with Gasteiger partial charge in [-0.25, -0.2) is 4.63 Å². The molecule has 0 aliphatic carbocycles. The molecule has 8 heteroatoms. The highest BCUT2D eigenvalue weighted by atomic mass is 16.6. The number of rotatable bonds is 3. The molecule has 0 amide bonds. The van der Waals surface area contributed by atoms with Crippen molar-refractivity contribution in [1.29, 1.82) is 0 Å². The second kappa shape index (κ2) is 4.87. The van der Waals surface area contributed by atoms with E-state index in [2.05, 4.69) is 19.8 Å². The van der Waals surface area contributed by atoms with Gasteiger partial charge in [-0.3, -0.25) is 10.1 Å². The van der Waals surface area contributed by atoms with Crippen molar-refractivity contribution in [3.8, 4) is 0 Å². The van der Waals surface area contributed by atoms with E-state index in [1.165, 1.54) is 6.07 Å². The first-order valence-electron chi connectivity index (χ1n) is 6.30. The van der Waals surface area contributed by atoms with Crippen molar-refractivity contribution in [3.05, 3.63) is 22.2 Å². The van der Waals surface area contributed by atoms with Crippen LogP contribution in [-0.2, 0) is 4.79 Å². The van der Waals surface area contributed by atoms with Crippen LogP contribution in [0, 0.1) is 16.0 Å². The Bertz CT molecular complexity index is 661. The Morgan fingerprint density at radius 3 is 2.65 bits per heavy atom. The van der Waals surface area contributed by atoms with Crippen LogP contribution in [0.2, 0.25) is 0 Å². The van der Waals surface area contributed by atoms with Gasteiger partial charge in [-0.1, -0.05) is 0 Å². The number of nitrogens with zero attached hydrogens (tertiary/aromatic N) is 4. The number of hydrogen-bond donors (Lipinski definition) is 0. The monoisotopic (exact) mass is 276 g/mol. The van der Waals surface area contributed by atoms with E-state index >= 15 is 0 Å². The van der Waals surface area contributed by atoms with Crippen molar-refractivity contribution in [3.63, 3.8) is 0 Å². The number of nitro groups is 1. The Labute approximate surface area is 113 Å². The fourth-order valence-electron chi connectivity index (χ4n) is 2.52. The van der Waals surface area contributed by atoms with Gasteiger partial charge in [0.15, 0.2) is 5.52 Å². The second-order valence-electron chi connectivity index (χ2n) is 4.78. The van der Waals surface area contributed by atoms with Gasteiger partial charge in [-0.15, -0.1) is 0 Å². The zero-order chi connectivity index (χ0) is 14.1. The molecule has 1 aromatic carbocycles. The smallest absolute Gasteiger partial charge is 0.300 e. The Kier molecular flexibility index (Phi) is 3.05. The van der Waals surface area contributed by atoms with Gasteiger partial charge in [0.2, 0.25) is 5.52 Å². The molecule has 0 bridgehead atoms. The highest BCUT2D eigenvalue weighted by Crippen LogP contribution is 2.32. The number of piperidine rings is 1. The summed E-state index contributed by atoms with van der Waals surface area (Å²) in [4.78, 5) is 23.2. The molecule has 1 aliphatic heterocycles. The summed E-state index contributed by atoms with van der Waals surface area (Å²) >= 11 is 0. The standard InChI is InChI=1S/C12H12N4O4/c17-7-8-3-5-15(6-4-8)9-1-2-10(16(18)19)12-11(9)13-20-14-12/h1-2,7-8H,3-6H2. The van der Waals surface area contributed by atoms with Crippen LogP contribution in [0.4, 0.5) is 11.4 Å². The highest BCUT2D eigenvalue weighted by molar-refractivity contribution is 5.93. The van der Waals surface area contributed by atoms with Gasteiger partial charge < -0.3 is 9.69 Å². The third-order valence-electron chi connectivity index (χ3n) is 3.64. The van der Waals surface area contributed by atoms with Gasteiger partial charge >= 0.3 is 5.69 Å². The fraction of sp³-hybridized carbons (Fsp3) is 0.417. The van der Waals surface area contributed by atoms with Crippen molar-refractivity contribution in [2.45, 2.75) is 12.8 Å². The molecule has 0 atom stereocenters. The predicted octanol–water partition coefficient (Wildman–Crippen LogP) is 1.55. The zero-order valence-electron chi connectivity index (χ0n) is 10.6. The fourth-order valence-corrected chi connectivity index (χ4v) is 2.52. The number of fused-ring (bicyclic) bond motifs is 1. The molecule has 2 heterocycles. The minimum atomic E-state index is -0.505. The number of anilines is 1. The molecule has 8 nitrogen and oxygen atoms in total. The second-order valence-corrected chi connectivity index (χ2v) is 4.78. The number of non-ortho nitro benzene ring substituents is 1. The van der Waals surface area contributed by atoms with E-state index in [0.29, 0.717) is 18.6 Å². The van der Waals surface area contributed by atoms with Crippen molar-refractivity contribution in [1.82, 2.24) is 10.3 Å². The van der Waals surface area contributed by atoms with Gasteiger partial charge in [0.1, 0.15) is 6.29 Å². The minimum Gasteiger partial charge on any atom is -0.370 e. The molecule has 104 valence electrons. The Morgan fingerprint density at radius 1 is 1.30 bits per heavy atom. The zero-order valence-corrected chi connectivity index (χ0v) is 10.6. The first-order valence-corrected chi connectivity index (χ1v) is 6.30. The third kappa shape index (κ3) is 1.98. The first kappa shape index (κ1) is 12.5.